The molecule has 0 aromatic carbocycles. The Labute approximate surface area is 106 Å². The number of aromatic nitrogens is 2. The SMILES string of the molecule is CC(C)(C)C1CCc2[nH]nc([Si](C)(C)C)c2C1. The third kappa shape index (κ3) is 2.49. The lowest BCUT2D eigenvalue weighted by Gasteiger charge is -2.34. The quantitative estimate of drug-likeness (QED) is 0.762. The molecule has 1 atom stereocenters. The highest BCUT2D eigenvalue weighted by molar-refractivity contribution is 6.88. The molecule has 0 radical (unpaired) electrons. The van der Waals surface area contributed by atoms with Crippen molar-refractivity contribution in [3.63, 3.8) is 0 Å². The summed E-state index contributed by atoms with van der Waals surface area (Å²) in [5, 5.41) is 9.33. The van der Waals surface area contributed by atoms with Gasteiger partial charge >= 0.3 is 0 Å². The maximum atomic E-state index is 4.62. The molecule has 1 aromatic heterocycles. The highest BCUT2D eigenvalue weighted by Crippen LogP contribution is 2.36. The molecule has 1 heterocycles. The van der Waals surface area contributed by atoms with Crippen LogP contribution in [-0.2, 0) is 12.8 Å². The van der Waals surface area contributed by atoms with E-state index in [0.717, 1.165) is 5.92 Å². The number of nitrogens with zero attached hydrogens (tertiary/aromatic N) is 1. The zero-order chi connectivity index (χ0) is 12.8. The van der Waals surface area contributed by atoms with Gasteiger partial charge in [0.15, 0.2) is 0 Å². The van der Waals surface area contributed by atoms with Crippen molar-refractivity contribution >= 4 is 13.4 Å². The normalized spacial score (nSPS) is 21.4. The number of rotatable bonds is 1. The van der Waals surface area contributed by atoms with Crippen molar-refractivity contribution in [1.29, 1.82) is 0 Å². The topological polar surface area (TPSA) is 28.7 Å². The van der Waals surface area contributed by atoms with E-state index in [0.29, 0.717) is 5.41 Å². The smallest absolute Gasteiger partial charge is 0.104 e. The summed E-state index contributed by atoms with van der Waals surface area (Å²) in [5.41, 5.74) is 3.41. The van der Waals surface area contributed by atoms with Crippen LogP contribution in [0.3, 0.4) is 0 Å². The Hall–Kier alpha value is -0.573. The van der Waals surface area contributed by atoms with Crippen LogP contribution in [0.15, 0.2) is 0 Å². The zero-order valence-electron chi connectivity index (χ0n) is 12.1. The van der Waals surface area contributed by atoms with Gasteiger partial charge in [-0.05, 0) is 36.2 Å². The average Bonchev–Trinajstić information content (AvgIpc) is 2.57. The first-order valence-electron chi connectivity index (χ1n) is 6.76. The van der Waals surface area contributed by atoms with E-state index in [9.17, 15) is 0 Å². The Balaban J connectivity index is 2.33. The molecule has 0 saturated heterocycles. The maximum Gasteiger partial charge on any atom is 0.104 e. The molecule has 1 aliphatic carbocycles. The second-order valence-electron chi connectivity index (χ2n) is 7.59. The van der Waals surface area contributed by atoms with Crippen molar-refractivity contribution in [3.8, 4) is 0 Å². The van der Waals surface area contributed by atoms with E-state index in [-0.39, 0.29) is 0 Å². The van der Waals surface area contributed by atoms with Gasteiger partial charge in [-0.2, -0.15) is 5.10 Å². The van der Waals surface area contributed by atoms with Crippen molar-refractivity contribution in [3.05, 3.63) is 11.3 Å². The zero-order valence-corrected chi connectivity index (χ0v) is 13.1. The van der Waals surface area contributed by atoms with E-state index in [1.807, 2.05) is 0 Å². The summed E-state index contributed by atoms with van der Waals surface area (Å²) >= 11 is 0. The molecule has 1 aromatic rings. The monoisotopic (exact) mass is 250 g/mol. The first kappa shape index (κ1) is 12.9. The van der Waals surface area contributed by atoms with Gasteiger partial charge in [0.25, 0.3) is 0 Å². The summed E-state index contributed by atoms with van der Waals surface area (Å²) in [4.78, 5) is 0. The molecule has 0 bridgehead atoms. The van der Waals surface area contributed by atoms with E-state index in [4.69, 9.17) is 0 Å². The van der Waals surface area contributed by atoms with Crippen LogP contribution in [-0.4, -0.2) is 18.3 Å². The molecule has 0 fully saturated rings. The predicted molar refractivity (Wildman–Crippen MR) is 76.5 cm³/mol. The van der Waals surface area contributed by atoms with Crippen LogP contribution in [0.1, 0.15) is 38.4 Å². The average molecular weight is 250 g/mol. The second-order valence-corrected chi connectivity index (χ2v) is 12.6. The van der Waals surface area contributed by atoms with E-state index < -0.39 is 8.07 Å². The van der Waals surface area contributed by atoms with Gasteiger partial charge < -0.3 is 0 Å². The van der Waals surface area contributed by atoms with Crippen molar-refractivity contribution < 1.29 is 0 Å². The molecule has 0 aliphatic heterocycles. The van der Waals surface area contributed by atoms with Gasteiger partial charge in [0, 0.05) is 11.0 Å². The molecule has 2 rings (SSSR count). The first-order chi connectivity index (χ1) is 7.69. The van der Waals surface area contributed by atoms with Gasteiger partial charge in [0.2, 0.25) is 0 Å². The van der Waals surface area contributed by atoms with Crippen LogP contribution in [0.4, 0.5) is 0 Å². The lowest BCUT2D eigenvalue weighted by molar-refractivity contribution is 0.216. The lowest BCUT2D eigenvalue weighted by Crippen LogP contribution is -2.42. The molecule has 0 saturated carbocycles. The highest BCUT2D eigenvalue weighted by atomic mass is 28.3. The molecule has 1 unspecified atom stereocenters. The van der Waals surface area contributed by atoms with Crippen LogP contribution in [0, 0.1) is 11.3 Å². The van der Waals surface area contributed by atoms with Gasteiger partial charge in [0.05, 0.1) is 0 Å². The van der Waals surface area contributed by atoms with Gasteiger partial charge in [0.1, 0.15) is 8.07 Å². The van der Waals surface area contributed by atoms with E-state index in [2.05, 4.69) is 50.6 Å². The van der Waals surface area contributed by atoms with E-state index in [1.54, 1.807) is 5.56 Å². The fourth-order valence-electron chi connectivity index (χ4n) is 2.85. The van der Waals surface area contributed by atoms with Gasteiger partial charge in [-0.15, -0.1) is 0 Å². The Bertz CT molecular complexity index is 407. The molecule has 1 N–H and O–H groups in total. The summed E-state index contributed by atoms with van der Waals surface area (Å²) < 4.78 is 0. The number of fused-ring (bicyclic) bond motifs is 1. The number of hydrogen-bond acceptors (Lipinski definition) is 1. The molecule has 17 heavy (non-hydrogen) atoms. The Morgan fingerprint density at radius 2 is 1.88 bits per heavy atom. The van der Waals surface area contributed by atoms with Crippen molar-refractivity contribution in [2.75, 3.05) is 0 Å². The molecular weight excluding hydrogens is 224 g/mol. The molecule has 96 valence electrons. The fraction of sp³-hybridized carbons (Fsp3) is 0.786. The number of hydrogen-bond donors (Lipinski definition) is 1. The van der Waals surface area contributed by atoms with Crippen LogP contribution >= 0.6 is 0 Å². The Kier molecular flexibility index (Phi) is 3.01. The number of nitrogens with one attached hydrogen (secondary N) is 1. The standard InChI is InChI=1S/C14H26N2Si/c1-14(2,3)10-7-8-12-11(9-10)13(16-15-12)17(4,5)6/h10H,7-9H2,1-6H3,(H,15,16). The third-order valence-electron chi connectivity index (χ3n) is 4.08. The predicted octanol–water partition coefficient (Wildman–Crippen LogP) is 3.11. The molecule has 0 amide bonds. The largest absolute Gasteiger partial charge is 0.282 e. The molecule has 1 aliphatic rings. The molecule has 2 nitrogen and oxygen atoms in total. The summed E-state index contributed by atoms with van der Waals surface area (Å²) in [6, 6.07) is 0. The van der Waals surface area contributed by atoms with Crippen molar-refractivity contribution in [1.82, 2.24) is 10.2 Å². The number of H-pyrrole nitrogens is 1. The van der Waals surface area contributed by atoms with E-state index in [1.165, 1.54) is 30.3 Å². The van der Waals surface area contributed by atoms with E-state index >= 15 is 0 Å². The van der Waals surface area contributed by atoms with Gasteiger partial charge in [-0.3, -0.25) is 5.10 Å². The minimum absolute atomic E-state index is 0.422. The van der Waals surface area contributed by atoms with Crippen LogP contribution < -0.4 is 5.32 Å². The Morgan fingerprint density at radius 1 is 1.24 bits per heavy atom. The van der Waals surface area contributed by atoms with Gasteiger partial charge in [-0.1, -0.05) is 40.4 Å². The highest BCUT2D eigenvalue weighted by Gasteiger charge is 2.34. The van der Waals surface area contributed by atoms with Crippen molar-refractivity contribution in [2.45, 2.75) is 59.7 Å². The molecule has 3 heteroatoms. The van der Waals surface area contributed by atoms with Crippen LogP contribution in [0.5, 0.6) is 0 Å². The first-order valence-corrected chi connectivity index (χ1v) is 10.3. The van der Waals surface area contributed by atoms with Gasteiger partial charge in [-0.25, -0.2) is 0 Å². The summed E-state index contributed by atoms with van der Waals surface area (Å²) in [6.07, 6.45) is 3.73. The number of aryl methyl sites for hydroxylation is 1. The maximum absolute atomic E-state index is 4.62. The summed E-state index contributed by atoms with van der Waals surface area (Å²) in [5.74, 6) is 0.808. The molecular formula is C14H26N2Si. The van der Waals surface area contributed by atoms with Crippen LogP contribution in [0.2, 0.25) is 19.6 Å². The number of aromatic amines is 1. The lowest BCUT2D eigenvalue weighted by atomic mass is 9.72. The fourth-order valence-corrected chi connectivity index (χ4v) is 4.40. The summed E-state index contributed by atoms with van der Waals surface area (Å²) in [7, 11) is -1.29. The second kappa shape index (κ2) is 3.97. The summed E-state index contributed by atoms with van der Waals surface area (Å²) in [6.45, 7) is 14.3. The Morgan fingerprint density at radius 3 is 2.41 bits per heavy atom. The van der Waals surface area contributed by atoms with Crippen LogP contribution in [0.25, 0.3) is 0 Å². The molecule has 0 spiro atoms. The third-order valence-corrected chi connectivity index (χ3v) is 5.92. The van der Waals surface area contributed by atoms with Crippen molar-refractivity contribution in [2.24, 2.45) is 11.3 Å². The minimum atomic E-state index is -1.29. The minimum Gasteiger partial charge on any atom is -0.282 e.